The third-order valence-corrected chi connectivity index (χ3v) is 5.54. The molecule has 1 fully saturated rings. The van der Waals surface area contributed by atoms with Crippen LogP contribution in [0.4, 0.5) is 4.79 Å². The molecule has 0 aliphatic carbocycles. The molecule has 0 bridgehead atoms. The molecule has 2 heterocycles. The summed E-state index contributed by atoms with van der Waals surface area (Å²) < 4.78 is 7.86. The minimum atomic E-state index is -0.795. The zero-order valence-corrected chi connectivity index (χ0v) is 22.7. The molecule has 0 radical (unpaired) electrons. The standard InChI is InChI=1S/C14H17N3O3S.C11H13NO.C2H6/c1-3-10(12(18)17-21-4-2)8-6-5-7-9-11-13(19)16-14(20)15-11;1-8-11-6-10(13-3)5-4-9(11)7-12(8)2;1-2/h3,6,8,11H,4-5H2,1-2H3,(H,17,18)(H2,15,16,19,20);4-6H,1,7H2,2-3H3;1-2H3/b8-6-,10-3+;;. The average molecular weight is 513 g/mol. The molecule has 1 aromatic rings. The first-order valence-electron chi connectivity index (χ1n) is 11.7. The fraction of sp³-hybridized carbons (Fsp3) is 0.370. The van der Waals surface area contributed by atoms with Crippen molar-refractivity contribution in [3.63, 3.8) is 0 Å². The van der Waals surface area contributed by atoms with Crippen LogP contribution in [0.3, 0.4) is 0 Å². The van der Waals surface area contributed by atoms with E-state index in [9.17, 15) is 14.4 Å². The van der Waals surface area contributed by atoms with Gasteiger partial charge in [-0.25, -0.2) is 4.79 Å². The molecule has 3 N–H and O–H groups in total. The minimum absolute atomic E-state index is 0.156. The normalized spacial score (nSPS) is 15.9. The Kier molecular flexibility index (Phi) is 13.6. The number of methoxy groups -OCH3 is 1. The van der Waals surface area contributed by atoms with Crippen LogP contribution in [-0.2, 0) is 16.1 Å². The van der Waals surface area contributed by atoms with E-state index < -0.39 is 18.0 Å². The first kappa shape index (κ1) is 30.4. The van der Waals surface area contributed by atoms with Gasteiger partial charge < -0.3 is 15.0 Å². The first-order chi connectivity index (χ1) is 17.3. The number of allylic oxidation sites excluding steroid dienone is 2. The van der Waals surface area contributed by atoms with Crippen molar-refractivity contribution in [1.29, 1.82) is 0 Å². The number of nitrogens with zero attached hydrogens (tertiary/aromatic N) is 1. The smallest absolute Gasteiger partial charge is 0.322 e. The van der Waals surface area contributed by atoms with E-state index in [-0.39, 0.29) is 5.91 Å². The Morgan fingerprint density at radius 1 is 1.36 bits per heavy atom. The number of ether oxygens (including phenoxy) is 1. The summed E-state index contributed by atoms with van der Waals surface area (Å²) in [5, 5.41) is 4.48. The van der Waals surface area contributed by atoms with E-state index >= 15 is 0 Å². The fourth-order valence-electron chi connectivity index (χ4n) is 3.07. The number of amides is 4. The maximum absolute atomic E-state index is 11.7. The van der Waals surface area contributed by atoms with Gasteiger partial charge in [0.05, 0.1) is 7.11 Å². The highest BCUT2D eigenvalue weighted by Gasteiger charge is 2.27. The Morgan fingerprint density at radius 2 is 2.08 bits per heavy atom. The molecular formula is C27H36N4O4S. The highest BCUT2D eigenvalue weighted by molar-refractivity contribution is 7.97. The number of fused-ring (bicyclic) bond motifs is 1. The number of carbonyl (C=O) groups is 3. The Bertz CT molecular complexity index is 1070. The van der Waals surface area contributed by atoms with E-state index in [1.165, 1.54) is 23.1 Å². The number of benzene rings is 1. The number of rotatable bonds is 6. The topological polar surface area (TPSA) is 99.8 Å². The van der Waals surface area contributed by atoms with Gasteiger partial charge in [-0.3, -0.25) is 19.6 Å². The van der Waals surface area contributed by atoms with E-state index in [0.717, 1.165) is 23.7 Å². The molecule has 0 aromatic heterocycles. The Hall–Kier alpha value is -3.64. The number of urea groups is 1. The van der Waals surface area contributed by atoms with E-state index in [1.54, 1.807) is 32.3 Å². The van der Waals surface area contributed by atoms with E-state index in [0.29, 0.717) is 12.0 Å². The lowest BCUT2D eigenvalue weighted by atomic mass is 10.1. The van der Waals surface area contributed by atoms with Crippen LogP contribution in [0.2, 0.25) is 0 Å². The van der Waals surface area contributed by atoms with Crippen molar-refractivity contribution in [2.24, 2.45) is 0 Å². The Balaban J connectivity index is 0.000000367. The summed E-state index contributed by atoms with van der Waals surface area (Å²) in [4.78, 5) is 35.9. The number of hydrogen-bond acceptors (Lipinski definition) is 6. The minimum Gasteiger partial charge on any atom is -0.497 e. The largest absolute Gasteiger partial charge is 0.497 e. The third-order valence-electron chi connectivity index (χ3n) is 4.92. The molecule has 9 heteroatoms. The summed E-state index contributed by atoms with van der Waals surface area (Å²) >= 11 is 1.33. The Morgan fingerprint density at radius 3 is 2.67 bits per heavy atom. The van der Waals surface area contributed by atoms with E-state index in [2.05, 4.69) is 51.8 Å². The van der Waals surface area contributed by atoms with Crippen LogP contribution in [0.15, 0.2) is 48.6 Å². The van der Waals surface area contributed by atoms with Crippen LogP contribution in [0.5, 0.6) is 5.75 Å². The Labute approximate surface area is 218 Å². The van der Waals surface area contributed by atoms with Crippen LogP contribution < -0.4 is 20.1 Å². The van der Waals surface area contributed by atoms with Crippen LogP contribution in [-0.4, -0.2) is 48.7 Å². The van der Waals surface area contributed by atoms with Gasteiger partial charge in [0, 0.05) is 42.6 Å². The predicted octanol–water partition coefficient (Wildman–Crippen LogP) is 4.01. The molecular weight excluding hydrogens is 476 g/mol. The zero-order chi connectivity index (χ0) is 27.1. The second-order valence-electron chi connectivity index (χ2n) is 7.26. The van der Waals surface area contributed by atoms with Crippen molar-refractivity contribution >= 4 is 35.5 Å². The summed E-state index contributed by atoms with van der Waals surface area (Å²) in [7, 11) is 3.73. The zero-order valence-electron chi connectivity index (χ0n) is 21.9. The van der Waals surface area contributed by atoms with Gasteiger partial charge >= 0.3 is 6.03 Å². The molecule has 36 heavy (non-hydrogen) atoms. The number of nitrogens with one attached hydrogen (secondary N) is 3. The van der Waals surface area contributed by atoms with Gasteiger partial charge in [-0.05, 0) is 24.6 Å². The summed E-state index contributed by atoms with van der Waals surface area (Å²) in [6, 6.07) is 4.81. The molecule has 2 aliphatic rings. The van der Waals surface area contributed by atoms with E-state index in [4.69, 9.17) is 4.74 Å². The highest BCUT2D eigenvalue weighted by atomic mass is 32.2. The summed E-state index contributed by atoms with van der Waals surface area (Å²) in [6.45, 7) is 12.7. The number of carbonyl (C=O) groups excluding carboxylic acids is 3. The second-order valence-corrected chi connectivity index (χ2v) is 8.33. The van der Waals surface area contributed by atoms with Gasteiger partial charge in [0.1, 0.15) is 5.75 Å². The lowest BCUT2D eigenvalue weighted by Gasteiger charge is -2.10. The quantitative estimate of drug-likeness (QED) is 0.175. The molecule has 3 rings (SSSR count). The molecule has 194 valence electrons. The molecule has 4 amide bonds. The molecule has 0 saturated carbocycles. The molecule has 1 atom stereocenters. The molecule has 2 aliphatic heterocycles. The van der Waals surface area contributed by atoms with Gasteiger partial charge in [0.25, 0.3) is 11.8 Å². The third kappa shape index (κ3) is 9.19. The fourth-order valence-corrected chi connectivity index (χ4v) is 3.46. The second kappa shape index (κ2) is 16.1. The van der Waals surface area contributed by atoms with Crippen molar-refractivity contribution in [1.82, 2.24) is 20.3 Å². The monoisotopic (exact) mass is 512 g/mol. The van der Waals surface area contributed by atoms with Gasteiger partial charge in [-0.15, -0.1) is 0 Å². The van der Waals surface area contributed by atoms with Gasteiger partial charge in [-0.1, -0.05) is 75.4 Å². The molecule has 8 nitrogen and oxygen atoms in total. The number of imide groups is 1. The molecule has 1 saturated heterocycles. The molecule has 0 spiro atoms. The highest BCUT2D eigenvalue weighted by Crippen LogP contribution is 2.32. The van der Waals surface area contributed by atoms with E-state index in [1.807, 2.05) is 32.9 Å². The van der Waals surface area contributed by atoms with Crippen molar-refractivity contribution in [3.8, 4) is 17.6 Å². The predicted molar refractivity (Wildman–Crippen MR) is 147 cm³/mol. The SMILES string of the molecule is C/C=C(\C=C/CC#CC1NC(=O)NC1=O)C(=O)NSCC.C=C1c2cc(OC)ccc2CN1C.CC. The molecule has 1 aromatic carbocycles. The first-order valence-corrected chi connectivity index (χ1v) is 12.7. The van der Waals surface area contributed by atoms with Crippen molar-refractivity contribution in [2.75, 3.05) is 19.9 Å². The van der Waals surface area contributed by atoms with Crippen LogP contribution >= 0.6 is 11.9 Å². The average Bonchev–Trinajstić information content (AvgIpc) is 3.36. The maximum Gasteiger partial charge on any atom is 0.322 e. The van der Waals surface area contributed by atoms with Gasteiger partial charge in [0.15, 0.2) is 6.04 Å². The summed E-state index contributed by atoms with van der Waals surface area (Å²) in [5.41, 5.74) is 4.16. The van der Waals surface area contributed by atoms with Crippen molar-refractivity contribution in [2.45, 2.75) is 46.7 Å². The van der Waals surface area contributed by atoms with Crippen LogP contribution in [0, 0.1) is 11.8 Å². The van der Waals surface area contributed by atoms with Crippen LogP contribution in [0.1, 0.15) is 45.2 Å². The van der Waals surface area contributed by atoms with Crippen molar-refractivity contribution in [3.05, 3.63) is 59.7 Å². The van der Waals surface area contributed by atoms with Gasteiger partial charge in [-0.2, -0.15) is 0 Å². The number of hydrogen-bond donors (Lipinski definition) is 3. The van der Waals surface area contributed by atoms with Crippen molar-refractivity contribution < 1.29 is 19.1 Å². The van der Waals surface area contributed by atoms with Crippen LogP contribution in [0.25, 0.3) is 5.70 Å². The molecule has 1 unspecified atom stereocenters. The summed E-state index contributed by atoms with van der Waals surface area (Å²) in [5.74, 6) is 6.51. The van der Waals surface area contributed by atoms with Gasteiger partial charge in [0.2, 0.25) is 0 Å². The summed E-state index contributed by atoms with van der Waals surface area (Å²) in [6.07, 6.45) is 5.49. The lowest BCUT2D eigenvalue weighted by Crippen LogP contribution is -2.26. The maximum atomic E-state index is 11.7. The lowest BCUT2D eigenvalue weighted by molar-refractivity contribution is -0.119.